The molecule has 0 radical (unpaired) electrons. The monoisotopic (exact) mass is 356 g/mol. The summed E-state index contributed by atoms with van der Waals surface area (Å²) in [4.78, 5) is 4.27. The highest BCUT2D eigenvalue weighted by atomic mass is 32.2. The Kier molecular flexibility index (Phi) is 4.96. The molecule has 6 nitrogen and oxygen atoms in total. The molecule has 0 amide bonds. The molecule has 1 N–H and O–H groups in total. The molecule has 0 spiro atoms. The number of sulfonamides is 1. The molecule has 3 aromatic rings. The van der Waals surface area contributed by atoms with Gasteiger partial charge >= 0.3 is 0 Å². The average Bonchev–Trinajstić information content (AvgIpc) is 3.07. The van der Waals surface area contributed by atoms with Crippen LogP contribution in [0.25, 0.3) is 11.3 Å². The van der Waals surface area contributed by atoms with E-state index < -0.39 is 10.0 Å². The normalized spacial score (nSPS) is 11.6. The lowest BCUT2D eigenvalue weighted by Gasteiger charge is -2.09. The summed E-state index contributed by atoms with van der Waals surface area (Å²) in [6, 6.07) is 10.8. The molecule has 0 saturated heterocycles. The number of rotatable bonds is 6. The highest BCUT2D eigenvalue weighted by Crippen LogP contribution is 2.16. The minimum absolute atomic E-state index is 0.271. The second-order valence-corrected chi connectivity index (χ2v) is 7.61. The van der Waals surface area contributed by atoms with Crippen LogP contribution < -0.4 is 4.72 Å². The van der Waals surface area contributed by atoms with Gasteiger partial charge < -0.3 is 0 Å². The van der Waals surface area contributed by atoms with Crippen LogP contribution in [0.3, 0.4) is 0 Å². The average molecular weight is 356 g/mol. The van der Waals surface area contributed by atoms with Gasteiger partial charge in [-0.05, 0) is 55.3 Å². The zero-order valence-electron chi connectivity index (χ0n) is 14.2. The van der Waals surface area contributed by atoms with E-state index in [4.69, 9.17) is 0 Å². The van der Waals surface area contributed by atoms with E-state index in [0.29, 0.717) is 6.54 Å². The zero-order chi connectivity index (χ0) is 17.9. The lowest BCUT2D eigenvalue weighted by Crippen LogP contribution is -2.27. The van der Waals surface area contributed by atoms with E-state index in [2.05, 4.69) is 14.8 Å². The maximum atomic E-state index is 12.4. The highest BCUT2D eigenvalue weighted by molar-refractivity contribution is 7.89. The SMILES string of the molecule is Cc1ccc(S(=O)(=O)NCCn2ccc(-c3ccncc3)n2)cc1C. The number of hydrogen-bond acceptors (Lipinski definition) is 4. The molecule has 0 saturated carbocycles. The quantitative estimate of drug-likeness (QED) is 0.736. The van der Waals surface area contributed by atoms with E-state index in [0.717, 1.165) is 22.4 Å². The van der Waals surface area contributed by atoms with Crippen LogP contribution in [-0.4, -0.2) is 29.7 Å². The Morgan fingerprint density at radius 2 is 1.80 bits per heavy atom. The predicted octanol–water partition coefficient (Wildman–Crippen LogP) is 2.54. The first kappa shape index (κ1) is 17.3. The van der Waals surface area contributed by atoms with Gasteiger partial charge in [0.05, 0.1) is 17.1 Å². The topological polar surface area (TPSA) is 76.9 Å². The van der Waals surface area contributed by atoms with Gasteiger partial charge in [0, 0.05) is 30.7 Å². The third kappa shape index (κ3) is 4.12. The van der Waals surface area contributed by atoms with Crippen molar-refractivity contribution in [1.82, 2.24) is 19.5 Å². The summed E-state index contributed by atoms with van der Waals surface area (Å²) in [5.74, 6) is 0. The fourth-order valence-electron chi connectivity index (χ4n) is 2.42. The van der Waals surface area contributed by atoms with Crippen molar-refractivity contribution in [3.63, 3.8) is 0 Å². The number of aromatic nitrogens is 3. The maximum Gasteiger partial charge on any atom is 0.240 e. The van der Waals surface area contributed by atoms with Crippen molar-refractivity contribution in [2.24, 2.45) is 0 Å². The van der Waals surface area contributed by atoms with Crippen molar-refractivity contribution in [2.45, 2.75) is 25.3 Å². The van der Waals surface area contributed by atoms with Crippen LogP contribution in [0.5, 0.6) is 0 Å². The summed E-state index contributed by atoms with van der Waals surface area (Å²) in [6.45, 7) is 4.58. The highest BCUT2D eigenvalue weighted by Gasteiger charge is 2.14. The van der Waals surface area contributed by atoms with E-state index >= 15 is 0 Å². The number of nitrogens with zero attached hydrogens (tertiary/aromatic N) is 3. The standard InChI is InChI=1S/C18H20N4O2S/c1-14-3-4-17(13-15(14)2)25(23,24)20-10-12-22-11-7-18(21-22)16-5-8-19-9-6-16/h3-9,11,13,20H,10,12H2,1-2H3. The van der Waals surface area contributed by atoms with Crippen LogP contribution in [0.2, 0.25) is 0 Å². The largest absolute Gasteiger partial charge is 0.271 e. The lowest BCUT2D eigenvalue weighted by molar-refractivity contribution is 0.561. The van der Waals surface area contributed by atoms with E-state index in [9.17, 15) is 8.42 Å². The van der Waals surface area contributed by atoms with Gasteiger partial charge in [0.1, 0.15) is 0 Å². The molecule has 0 unspecified atom stereocenters. The van der Waals surface area contributed by atoms with Crippen LogP contribution in [0.4, 0.5) is 0 Å². The molecule has 0 fully saturated rings. The Balaban J connectivity index is 1.63. The smallest absolute Gasteiger partial charge is 0.240 e. The van der Waals surface area contributed by atoms with Crippen molar-refractivity contribution >= 4 is 10.0 Å². The molecule has 2 aromatic heterocycles. The van der Waals surface area contributed by atoms with E-state index in [-0.39, 0.29) is 11.4 Å². The number of nitrogens with one attached hydrogen (secondary N) is 1. The van der Waals surface area contributed by atoms with Gasteiger partial charge in [0.25, 0.3) is 0 Å². The van der Waals surface area contributed by atoms with Gasteiger partial charge in [0.15, 0.2) is 0 Å². The molecule has 0 bridgehead atoms. The summed E-state index contributed by atoms with van der Waals surface area (Å²) in [5.41, 5.74) is 3.83. The number of aryl methyl sites for hydroxylation is 2. The molecule has 3 rings (SSSR count). The Hall–Kier alpha value is -2.51. The van der Waals surface area contributed by atoms with Crippen LogP contribution in [0.1, 0.15) is 11.1 Å². The van der Waals surface area contributed by atoms with Gasteiger partial charge in [-0.25, -0.2) is 13.1 Å². The molecule has 0 aliphatic heterocycles. The van der Waals surface area contributed by atoms with Crippen molar-refractivity contribution in [3.8, 4) is 11.3 Å². The van der Waals surface area contributed by atoms with Crippen molar-refractivity contribution < 1.29 is 8.42 Å². The van der Waals surface area contributed by atoms with Crippen LogP contribution in [0.15, 0.2) is 59.9 Å². The molecule has 0 aliphatic rings. The van der Waals surface area contributed by atoms with Gasteiger partial charge in [-0.1, -0.05) is 6.07 Å². The second kappa shape index (κ2) is 7.16. The molecule has 1 aromatic carbocycles. The first-order valence-corrected chi connectivity index (χ1v) is 9.45. The molecule has 0 aliphatic carbocycles. The summed E-state index contributed by atoms with van der Waals surface area (Å²) in [6.07, 6.45) is 5.26. The maximum absolute atomic E-state index is 12.4. The second-order valence-electron chi connectivity index (χ2n) is 5.84. The van der Waals surface area contributed by atoms with Crippen LogP contribution in [0, 0.1) is 13.8 Å². The Morgan fingerprint density at radius 1 is 1.04 bits per heavy atom. The fraction of sp³-hybridized carbons (Fsp3) is 0.222. The fourth-order valence-corrected chi connectivity index (χ4v) is 3.53. The molecular formula is C18H20N4O2S. The minimum Gasteiger partial charge on any atom is -0.271 e. The van der Waals surface area contributed by atoms with Crippen molar-refractivity contribution in [2.75, 3.05) is 6.54 Å². The Labute approximate surface area is 147 Å². The summed E-state index contributed by atoms with van der Waals surface area (Å²) >= 11 is 0. The van der Waals surface area contributed by atoms with Gasteiger partial charge in [-0.3, -0.25) is 9.67 Å². The summed E-state index contributed by atoms with van der Waals surface area (Å²) in [7, 11) is -3.51. The van der Waals surface area contributed by atoms with Crippen LogP contribution >= 0.6 is 0 Å². The first-order chi connectivity index (χ1) is 12.0. The van der Waals surface area contributed by atoms with Gasteiger partial charge in [-0.2, -0.15) is 5.10 Å². The Morgan fingerprint density at radius 3 is 2.52 bits per heavy atom. The molecular weight excluding hydrogens is 336 g/mol. The zero-order valence-corrected chi connectivity index (χ0v) is 15.0. The van der Waals surface area contributed by atoms with Crippen molar-refractivity contribution in [1.29, 1.82) is 0 Å². The van der Waals surface area contributed by atoms with E-state index in [1.165, 1.54) is 0 Å². The van der Waals surface area contributed by atoms with Gasteiger partial charge in [-0.15, -0.1) is 0 Å². The lowest BCUT2D eigenvalue weighted by atomic mass is 10.1. The Bertz CT molecular complexity index is 966. The van der Waals surface area contributed by atoms with Crippen LogP contribution in [-0.2, 0) is 16.6 Å². The minimum atomic E-state index is -3.51. The molecule has 7 heteroatoms. The summed E-state index contributed by atoms with van der Waals surface area (Å²) in [5, 5.41) is 4.45. The predicted molar refractivity (Wildman–Crippen MR) is 96.6 cm³/mol. The molecule has 25 heavy (non-hydrogen) atoms. The molecule has 0 atom stereocenters. The molecule has 130 valence electrons. The summed E-state index contributed by atoms with van der Waals surface area (Å²) < 4.78 is 29.1. The number of benzene rings is 1. The third-order valence-electron chi connectivity index (χ3n) is 4.04. The number of pyridine rings is 1. The van der Waals surface area contributed by atoms with Crippen molar-refractivity contribution in [3.05, 3.63) is 66.1 Å². The van der Waals surface area contributed by atoms with E-state index in [1.54, 1.807) is 29.2 Å². The third-order valence-corrected chi connectivity index (χ3v) is 5.50. The molecule has 2 heterocycles. The van der Waals surface area contributed by atoms with Gasteiger partial charge in [0.2, 0.25) is 10.0 Å². The first-order valence-electron chi connectivity index (χ1n) is 7.96. The number of hydrogen-bond donors (Lipinski definition) is 1. The van der Waals surface area contributed by atoms with E-state index in [1.807, 2.05) is 44.3 Å².